The van der Waals surface area contributed by atoms with E-state index in [2.05, 4.69) is 24.1 Å². The van der Waals surface area contributed by atoms with Crippen LogP contribution in [0.4, 0.5) is 0 Å². The summed E-state index contributed by atoms with van der Waals surface area (Å²) in [6, 6.07) is -0.344. The van der Waals surface area contributed by atoms with Crippen molar-refractivity contribution in [2.45, 2.75) is 64.8 Å². The third-order valence-corrected chi connectivity index (χ3v) is 3.96. The second kappa shape index (κ2) is 14.6. The molecule has 0 bridgehead atoms. The fourth-order valence-electron chi connectivity index (χ4n) is 2.78. The molecule has 1 heterocycles. The first-order valence-corrected chi connectivity index (χ1v) is 8.35. The second-order valence-corrected chi connectivity index (χ2v) is 6.49. The zero-order valence-electron chi connectivity index (χ0n) is 14.2. The summed E-state index contributed by atoms with van der Waals surface area (Å²) in [7, 11) is 0. The van der Waals surface area contributed by atoms with Gasteiger partial charge in [0.15, 0.2) is 0 Å². The van der Waals surface area contributed by atoms with Crippen molar-refractivity contribution in [3.63, 3.8) is 0 Å². The Morgan fingerprint density at radius 1 is 1.09 bits per heavy atom. The van der Waals surface area contributed by atoms with Crippen LogP contribution in [0, 0.1) is 5.92 Å². The average Bonchev–Trinajstić information content (AvgIpc) is 2.42. The zero-order valence-corrected chi connectivity index (χ0v) is 15.8. The second-order valence-electron chi connectivity index (χ2n) is 6.49. The Labute approximate surface area is 148 Å². The first-order chi connectivity index (χ1) is 9.59. The summed E-state index contributed by atoms with van der Waals surface area (Å²) in [5, 5.41) is 2.95. The molecule has 1 amide bonds. The first kappa shape index (κ1) is 24.2. The van der Waals surface area contributed by atoms with Crippen molar-refractivity contribution in [2.75, 3.05) is 26.2 Å². The number of carbonyl (C=O) groups is 1. The average molecular weight is 356 g/mol. The van der Waals surface area contributed by atoms with E-state index in [4.69, 9.17) is 5.73 Å². The maximum absolute atomic E-state index is 11.7. The lowest BCUT2D eigenvalue weighted by atomic mass is 10.0. The van der Waals surface area contributed by atoms with E-state index in [0.717, 1.165) is 19.4 Å². The minimum atomic E-state index is -0.344. The van der Waals surface area contributed by atoms with Crippen molar-refractivity contribution >= 4 is 30.7 Å². The molecule has 0 aliphatic carbocycles. The number of hydrogen-bond acceptors (Lipinski definition) is 3. The fourth-order valence-corrected chi connectivity index (χ4v) is 2.78. The van der Waals surface area contributed by atoms with Gasteiger partial charge in [-0.05, 0) is 57.7 Å². The Balaban J connectivity index is 0. The first-order valence-electron chi connectivity index (χ1n) is 8.35. The predicted octanol–water partition coefficient (Wildman–Crippen LogP) is 2.98. The number of unbranched alkanes of at least 4 members (excludes halogenated alkanes) is 2. The monoisotopic (exact) mass is 355 g/mol. The van der Waals surface area contributed by atoms with E-state index >= 15 is 0 Å². The Kier molecular flexibility index (Phi) is 16.0. The van der Waals surface area contributed by atoms with Crippen LogP contribution in [0.5, 0.6) is 0 Å². The summed E-state index contributed by atoms with van der Waals surface area (Å²) in [5.74, 6) is 0.482. The molecule has 0 unspecified atom stereocenters. The third kappa shape index (κ3) is 11.5. The molecule has 1 fully saturated rings. The molecular weight excluding hydrogens is 321 g/mol. The lowest BCUT2D eigenvalue weighted by molar-refractivity contribution is -0.122. The van der Waals surface area contributed by atoms with Gasteiger partial charge in [0, 0.05) is 6.54 Å². The van der Waals surface area contributed by atoms with Gasteiger partial charge >= 0.3 is 0 Å². The van der Waals surface area contributed by atoms with Crippen molar-refractivity contribution in [3.8, 4) is 0 Å². The minimum absolute atomic E-state index is 0. The number of nitrogens with zero attached hydrogens (tertiary/aromatic N) is 1. The van der Waals surface area contributed by atoms with E-state index in [-0.39, 0.29) is 36.8 Å². The molecule has 0 radical (unpaired) electrons. The highest BCUT2D eigenvalue weighted by Crippen LogP contribution is 2.09. The molecule has 1 aliphatic rings. The van der Waals surface area contributed by atoms with Crippen molar-refractivity contribution in [1.82, 2.24) is 10.2 Å². The topological polar surface area (TPSA) is 58.4 Å². The van der Waals surface area contributed by atoms with Crippen molar-refractivity contribution in [1.29, 1.82) is 0 Å². The number of nitrogens with two attached hydrogens (primary N) is 1. The van der Waals surface area contributed by atoms with Crippen LogP contribution < -0.4 is 11.1 Å². The van der Waals surface area contributed by atoms with Crippen LogP contribution in [0.25, 0.3) is 0 Å². The van der Waals surface area contributed by atoms with Gasteiger partial charge in [0.05, 0.1) is 6.04 Å². The molecule has 3 N–H and O–H groups in total. The Hall–Kier alpha value is -0.0300. The molecule has 0 saturated carbocycles. The van der Waals surface area contributed by atoms with E-state index in [0.29, 0.717) is 5.92 Å². The Bertz CT molecular complexity index is 272. The molecule has 4 nitrogen and oxygen atoms in total. The molecule has 1 aliphatic heterocycles. The number of piperidine rings is 1. The van der Waals surface area contributed by atoms with Gasteiger partial charge in [0.2, 0.25) is 5.91 Å². The van der Waals surface area contributed by atoms with Crippen molar-refractivity contribution < 1.29 is 4.79 Å². The molecular formula is C16H35Cl2N3O. The van der Waals surface area contributed by atoms with Gasteiger partial charge in [-0.25, -0.2) is 0 Å². The van der Waals surface area contributed by atoms with Crippen LogP contribution in [0.2, 0.25) is 0 Å². The van der Waals surface area contributed by atoms with Crippen LogP contribution in [0.1, 0.15) is 58.8 Å². The highest BCUT2D eigenvalue weighted by Gasteiger charge is 2.14. The molecule has 1 saturated heterocycles. The van der Waals surface area contributed by atoms with Gasteiger partial charge in [-0.2, -0.15) is 0 Å². The molecule has 0 spiro atoms. The van der Waals surface area contributed by atoms with Gasteiger partial charge < -0.3 is 16.0 Å². The number of nitrogens with one attached hydrogen (secondary N) is 1. The van der Waals surface area contributed by atoms with Crippen LogP contribution in [0.15, 0.2) is 0 Å². The quantitative estimate of drug-likeness (QED) is 0.625. The molecule has 0 aromatic carbocycles. The maximum Gasteiger partial charge on any atom is 0.236 e. The SMILES string of the molecule is CC(C)C[C@H](N)C(=O)NCCCCCN1CCCCC1.Cl.Cl. The normalized spacial score (nSPS) is 16.5. The van der Waals surface area contributed by atoms with Gasteiger partial charge in [-0.3, -0.25) is 4.79 Å². The summed E-state index contributed by atoms with van der Waals surface area (Å²) in [5.41, 5.74) is 5.84. The van der Waals surface area contributed by atoms with E-state index in [1.165, 1.54) is 51.7 Å². The Morgan fingerprint density at radius 2 is 1.73 bits per heavy atom. The third-order valence-electron chi connectivity index (χ3n) is 3.96. The highest BCUT2D eigenvalue weighted by molar-refractivity contribution is 5.85. The summed E-state index contributed by atoms with van der Waals surface area (Å²) in [4.78, 5) is 14.3. The van der Waals surface area contributed by atoms with Crippen molar-refractivity contribution in [2.24, 2.45) is 11.7 Å². The molecule has 6 heteroatoms. The molecule has 1 atom stereocenters. The minimum Gasteiger partial charge on any atom is -0.355 e. The highest BCUT2D eigenvalue weighted by atomic mass is 35.5. The van der Waals surface area contributed by atoms with Gasteiger partial charge in [-0.1, -0.05) is 26.7 Å². The molecule has 1 rings (SSSR count). The van der Waals surface area contributed by atoms with Crippen molar-refractivity contribution in [3.05, 3.63) is 0 Å². The molecule has 22 heavy (non-hydrogen) atoms. The van der Waals surface area contributed by atoms with E-state index in [9.17, 15) is 4.79 Å². The molecule has 134 valence electrons. The van der Waals surface area contributed by atoms with Gasteiger partial charge in [0.1, 0.15) is 0 Å². The van der Waals surface area contributed by atoms with Gasteiger partial charge in [0.25, 0.3) is 0 Å². The summed E-state index contributed by atoms with van der Waals surface area (Å²) in [6.45, 7) is 8.73. The van der Waals surface area contributed by atoms with Crippen LogP contribution in [0.3, 0.4) is 0 Å². The van der Waals surface area contributed by atoms with E-state index in [1.807, 2.05) is 0 Å². The molecule has 0 aromatic heterocycles. The van der Waals surface area contributed by atoms with E-state index < -0.39 is 0 Å². The van der Waals surface area contributed by atoms with Crippen LogP contribution in [-0.2, 0) is 4.79 Å². The van der Waals surface area contributed by atoms with Gasteiger partial charge in [-0.15, -0.1) is 24.8 Å². The molecule has 0 aromatic rings. The number of hydrogen-bond donors (Lipinski definition) is 2. The largest absolute Gasteiger partial charge is 0.355 e. The lowest BCUT2D eigenvalue weighted by Gasteiger charge is -2.26. The smallest absolute Gasteiger partial charge is 0.236 e. The summed E-state index contributed by atoms with van der Waals surface area (Å²) >= 11 is 0. The van der Waals surface area contributed by atoms with E-state index in [1.54, 1.807) is 0 Å². The number of carbonyl (C=O) groups excluding carboxylic acids is 1. The van der Waals surface area contributed by atoms with Crippen LogP contribution in [-0.4, -0.2) is 43.0 Å². The standard InChI is InChI=1S/C16H33N3O.2ClH/c1-14(2)13-15(17)16(20)18-9-5-3-6-10-19-11-7-4-8-12-19;;/h14-15H,3-13,17H2,1-2H3,(H,18,20);2*1H/t15-;;/m0../s1. The fraction of sp³-hybridized carbons (Fsp3) is 0.938. The number of amides is 1. The Morgan fingerprint density at radius 3 is 2.32 bits per heavy atom. The summed E-state index contributed by atoms with van der Waals surface area (Å²) in [6.07, 6.45) is 8.39. The number of halogens is 2. The number of rotatable bonds is 9. The van der Waals surface area contributed by atoms with Crippen LogP contribution >= 0.6 is 24.8 Å². The predicted molar refractivity (Wildman–Crippen MR) is 99.1 cm³/mol. The maximum atomic E-state index is 11.7. The lowest BCUT2D eigenvalue weighted by Crippen LogP contribution is -2.41. The number of likely N-dealkylation sites (tertiary alicyclic amines) is 1. The summed E-state index contributed by atoms with van der Waals surface area (Å²) < 4.78 is 0. The zero-order chi connectivity index (χ0) is 14.8.